The zero-order valence-electron chi connectivity index (χ0n) is 13.7. The van der Waals surface area contributed by atoms with Crippen LogP contribution in [-0.2, 0) is 9.30 Å². The van der Waals surface area contributed by atoms with E-state index < -0.39 is 18.8 Å². The molecule has 1 rings (SSSR count). The van der Waals surface area contributed by atoms with Crippen LogP contribution in [0, 0.1) is 11.3 Å². The molecule has 1 aromatic carbocycles. The molecule has 0 aliphatic rings. The highest BCUT2D eigenvalue weighted by Gasteiger charge is 2.22. The lowest BCUT2D eigenvalue weighted by Crippen LogP contribution is -2.27. The third-order valence-electron chi connectivity index (χ3n) is 2.68. The highest BCUT2D eigenvalue weighted by Crippen LogP contribution is 2.39. The molecule has 0 saturated carbocycles. The molecule has 120 valence electrons. The number of carbonyl (C=O) groups excluding carboxylic acids is 1. The highest BCUT2D eigenvalue weighted by molar-refractivity contribution is 7.70. The molecular formula is C15H21N2O4P. The molecule has 0 heterocycles. The molecule has 1 amide bonds. The largest absolute Gasteiger partial charge is 0.495 e. The molecule has 0 aliphatic heterocycles. The number of hydrogen-bond acceptors (Lipinski definition) is 5. The van der Waals surface area contributed by atoms with Crippen molar-refractivity contribution in [3.63, 3.8) is 0 Å². The van der Waals surface area contributed by atoms with Crippen LogP contribution in [-0.4, -0.2) is 32.1 Å². The maximum absolute atomic E-state index is 12.2. The molecule has 0 bridgehead atoms. The van der Waals surface area contributed by atoms with Crippen LogP contribution in [0.15, 0.2) is 12.1 Å². The van der Waals surface area contributed by atoms with Gasteiger partial charge in [-0.25, -0.2) is 4.79 Å². The Balaban J connectivity index is 3.28. The van der Waals surface area contributed by atoms with Crippen molar-refractivity contribution in [3.05, 3.63) is 17.7 Å². The summed E-state index contributed by atoms with van der Waals surface area (Å²) >= 11 is 0. The number of nitrogens with zero attached hydrogens (tertiary/aromatic N) is 1. The Morgan fingerprint density at radius 3 is 2.32 bits per heavy atom. The molecule has 7 heteroatoms. The van der Waals surface area contributed by atoms with Crippen molar-refractivity contribution in [2.24, 2.45) is 0 Å². The number of nitrogens with one attached hydrogen (secondary N) is 1. The number of benzene rings is 1. The molecule has 0 aromatic heterocycles. The van der Waals surface area contributed by atoms with Gasteiger partial charge in [0.2, 0.25) is 0 Å². The van der Waals surface area contributed by atoms with Gasteiger partial charge in [0.25, 0.3) is 0 Å². The molecule has 0 atom stereocenters. The number of ether oxygens (including phenoxy) is 2. The normalized spacial score (nSPS) is 11.5. The van der Waals surface area contributed by atoms with E-state index in [2.05, 4.69) is 5.32 Å². The number of carbonyl (C=O) groups is 1. The summed E-state index contributed by atoms with van der Waals surface area (Å²) in [7, 11) is -1.15. The Bertz CT molecular complexity index is 665. The van der Waals surface area contributed by atoms with Gasteiger partial charge in [0, 0.05) is 5.30 Å². The Morgan fingerprint density at radius 2 is 1.91 bits per heavy atom. The van der Waals surface area contributed by atoms with Gasteiger partial charge < -0.3 is 14.0 Å². The summed E-state index contributed by atoms with van der Waals surface area (Å²) in [5, 5.41) is 12.3. The van der Waals surface area contributed by atoms with Crippen molar-refractivity contribution >= 4 is 24.2 Å². The molecule has 6 nitrogen and oxygen atoms in total. The van der Waals surface area contributed by atoms with E-state index in [9.17, 15) is 14.6 Å². The van der Waals surface area contributed by atoms with Crippen molar-refractivity contribution in [1.82, 2.24) is 0 Å². The summed E-state index contributed by atoms with van der Waals surface area (Å²) in [5.74, 6) is 0.267. The van der Waals surface area contributed by atoms with Gasteiger partial charge in [-0.05, 0) is 46.2 Å². The molecular weight excluding hydrogens is 303 g/mol. The molecule has 0 aliphatic carbocycles. The molecule has 0 unspecified atom stereocenters. The third-order valence-corrected chi connectivity index (χ3v) is 4.18. The fraction of sp³-hybridized carbons (Fsp3) is 0.467. The molecule has 0 radical (unpaired) electrons. The van der Waals surface area contributed by atoms with E-state index in [1.165, 1.54) is 13.2 Å². The zero-order chi connectivity index (χ0) is 17.1. The first-order valence-corrected chi connectivity index (χ1v) is 9.25. The standard InChI is InChI=1S/C15H21N2O4P/c1-15(2,3)21-14(18)17-13-10(9-16)7-11(22(5,6)19)8-12(13)20-4/h7-8H,1-6H3,(H,17,18). The van der Waals surface area contributed by atoms with E-state index in [0.717, 1.165) is 0 Å². The number of anilines is 1. The van der Waals surface area contributed by atoms with Crippen LogP contribution in [0.4, 0.5) is 10.5 Å². The van der Waals surface area contributed by atoms with Crippen LogP contribution in [0.3, 0.4) is 0 Å². The topological polar surface area (TPSA) is 88.4 Å². The lowest BCUT2D eigenvalue weighted by molar-refractivity contribution is 0.0635. The summed E-state index contributed by atoms with van der Waals surface area (Å²) in [6, 6.07) is 5.04. The maximum atomic E-state index is 12.2. The fourth-order valence-electron chi connectivity index (χ4n) is 1.70. The number of rotatable bonds is 3. The first-order chi connectivity index (χ1) is 9.97. The Kier molecular flexibility index (Phi) is 5.26. The van der Waals surface area contributed by atoms with Crippen molar-refractivity contribution in [2.45, 2.75) is 26.4 Å². The van der Waals surface area contributed by atoms with E-state index >= 15 is 0 Å². The van der Waals surface area contributed by atoms with Gasteiger partial charge >= 0.3 is 6.09 Å². The van der Waals surface area contributed by atoms with Crippen LogP contribution in [0.5, 0.6) is 5.75 Å². The Hall–Kier alpha value is -1.99. The minimum absolute atomic E-state index is 0.170. The van der Waals surface area contributed by atoms with E-state index in [-0.39, 0.29) is 17.0 Å². The molecule has 0 spiro atoms. The molecule has 0 fully saturated rings. The van der Waals surface area contributed by atoms with Gasteiger partial charge in [-0.1, -0.05) is 0 Å². The van der Waals surface area contributed by atoms with Crippen LogP contribution < -0.4 is 15.4 Å². The minimum Gasteiger partial charge on any atom is -0.495 e. The first kappa shape index (κ1) is 18.1. The van der Waals surface area contributed by atoms with Crippen LogP contribution in [0.1, 0.15) is 26.3 Å². The van der Waals surface area contributed by atoms with Gasteiger partial charge in [0.05, 0.1) is 12.7 Å². The second-order valence-electron chi connectivity index (χ2n) is 6.16. The summed E-state index contributed by atoms with van der Waals surface area (Å²) in [5.41, 5.74) is -0.285. The smallest absolute Gasteiger partial charge is 0.412 e. The average Bonchev–Trinajstić information content (AvgIpc) is 2.35. The van der Waals surface area contributed by atoms with Gasteiger partial charge in [-0.2, -0.15) is 5.26 Å². The lowest BCUT2D eigenvalue weighted by Gasteiger charge is -2.21. The number of nitriles is 1. The summed E-state index contributed by atoms with van der Waals surface area (Å²) in [4.78, 5) is 11.9. The highest BCUT2D eigenvalue weighted by atomic mass is 31.2. The van der Waals surface area contributed by atoms with Gasteiger partial charge in [0.1, 0.15) is 30.2 Å². The van der Waals surface area contributed by atoms with E-state index in [4.69, 9.17) is 9.47 Å². The van der Waals surface area contributed by atoms with Crippen LogP contribution >= 0.6 is 7.14 Å². The van der Waals surface area contributed by atoms with Crippen molar-refractivity contribution in [3.8, 4) is 11.8 Å². The fourth-order valence-corrected chi connectivity index (χ4v) is 2.56. The molecule has 0 saturated heterocycles. The lowest BCUT2D eigenvalue weighted by atomic mass is 10.1. The Morgan fingerprint density at radius 1 is 1.32 bits per heavy atom. The summed E-state index contributed by atoms with van der Waals surface area (Å²) in [6.07, 6.45) is -0.689. The number of amides is 1. The minimum atomic E-state index is -2.56. The second-order valence-corrected chi connectivity index (χ2v) is 9.38. The summed E-state index contributed by atoms with van der Waals surface area (Å²) < 4.78 is 22.6. The first-order valence-electron chi connectivity index (χ1n) is 6.65. The predicted molar refractivity (Wildman–Crippen MR) is 86.7 cm³/mol. The average molecular weight is 324 g/mol. The quantitative estimate of drug-likeness (QED) is 0.863. The van der Waals surface area contributed by atoms with Crippen LogP contribution in [0.2, 0.25) is 0 Å². The number of hydrogen-bond donors (Lipinski definition) is 1. The van der Waals surface area contributed by atoms with Crippen molar-refractivity contribution < 1.29 is 18.8 Å². The summed E-state index contributed by atoms with van der Waals surface area (Å²) in [6.45, 7) is 8.42. The second kappa shape index (κ2) is 6.41. The van der Waals surface area contributed by atoms with E-state index in [1.54, 1.807) is 40.2 Å². The Labute approximate surface area is 130 Å². The van der Waals surface area contributed by atoms with Crippen LogP contribution in [0.25, 0.3) is 0 Å². The van der Waals surface area contributed by atoms with Gasteiger partial charge in [-0.3, -0.25) is 5.32 Å². The third kappa shape index (κ3) is 4.78. The molecule has 1 N–H and O–H groups in total. The molecule has 22 heavy (non-hydrogen) atoms. The van der Waals surface area contributed by atoms with Crippen molar-refractivity contribution in [2.75, 3.05) is 25.8 Å². The maximum Gasteiger partial charge on any atom is 0.412 e. The monoisotopic (exact) mass is 324 g/mol. The predicted octanol–water partition coefficient (Wildman–Crippen LogP) is 3.16. The van der Waals surface area contributed by atoms with E-state index in [1.807, 2.05) is 6.07 Å². The SMILES string of the molecule is COc1cc(P(C)(C)=O)cc(C#N)c1NC(=O)OC(C)(C)C. The number of methoxy groups -OCH3 is 1. The van der Waals surface area contributed by atoms with Gasteiger partial charge in [-0.15, -0.1) is 0 Å². The molecule has 1 aromatic rings. The van der Waals surface area contributed by atoms with Gasteiger partial charge in [0.15, 0.2) is 0 Å². The van der Waals surface area contributed by atoms with Crippen molar-refractivity contribution in [1.29, 1.82) is 5.26 Å². The zero-order valence-corrected chi connectivity index (χ0v) is 14.6. The van der Waals surface area contributed by atoms with E-state index in [0.29, 0.717) is 5.30 Å².